The molecule has 38 heavy (non-hydrogen) atoms. The molecule has 1 amide bonds. The summed E-state index contributed by atoms with van der Waals surface area (Å²) in [6.45, 7) is 13.6. The highest BCUT2D eigenvalue weighted by Crippen LogP contribution is 2.50. The van der Waals surface area contributed by atoms with Crippen LogP contribution in [-0.2, 0) is 22.6 Å². The van der Waals surface area contributed by atoms with Crippen LogP contribution in [-0.4, -0.2) is 33.9 Å². The summed E-state index contributed by atoms with van der Waals surface area (Å²) in [4.78, 5) is 23.4. The number of benzene rings is 3. The number of anilines is 2. The maximum atomic E-state index is 11.9. The molecule has 0 aliphatic carbocycles. The van der Waals surface area contributed by atoms with Crippen LogP contribution in [0, 0.1) is 20.8 Å². The highest BCUT2D eigenvalue weighted by atomic mass is 32.2. The number of hydrogen-bond acceptors (Lipinski definition) is 5. The van der Waals surface area contributed by atoms with Crippen molar-refractivity contribution in [1.29, 1.82) is 0 Å². The van der Waals surface area contributed by atoms with Crippen molar-refractivity contribution < 1.29 is 19.8 Å². The topological polar surface area (TPSA) is 89.9 Å². The highest BCUT2D eigenvalue weighted by molar-refractivity contribution is 7.99. The van der Waals surface area contributed by atoms with E-state index in [1.165, 1.54) is 6.92 Å². The van der Waals surface area contributed by atoms with Crippen LogP contribution in [0.5, 0.6) is 0 Å². The number of aryl methyl sites for hydroxylation is 1. The van der Waals surface area contributed by atoms with E-state index in [1.54, 1.807) is 32.7 Å². The Hall–Kier alpha value is -3.29. The molecule has 1 aliphatic rings. The summed E-state index contributed by atoms with van der Waals surface area (Å²) in [6, 6.07) is 14.3. The SMILES string of the molecule is CC(C)(C)O.CSN1Cc2cc(NC(C)=O)ccc2-c2c(C)c(-c3ccc(C)cc3)c(CC(=O)O)c(C)c21. The quantitative estimate of drug-likeness (QED) is 0.308. The molecule has 0 bridgehead atoms. The van der Waals surface area contributed by atoms with Gasteiger partial charge in [-0.3, -0.25) is 9.59 Å². The number of rotatable bonds is 5. The molecule has 0 spiro atoms. The van der Waals surface area contributed by atoms with Crippen molar-refractivity contribution in [2.24, 2.45) is 0 Å². The van der Waals surface area contributed by atoms with Crippen LogP contribution in [0.3, 0.4) is 0 Å². The predicted molar refractivity (Wildman–Crippen MR) is 159 cm³/mol. The summed E-state index contributed by atoms with van der Waals surface area (Å²) in [5, 5.41) is 21.1. The van der Waals surface area contributed by atoms with Crippen molar-refractivity contribution in [2.45, 2.75) is 67.0 Å². The summed E-state index contributed by atoms with van der Waals surface area (Å²) < 4.78 is 2.22. The summed E-state index contributed by atoms with van der Waals surface area (Å²) in [5.74, 6) is -0.933. The van der Waals surface area contributed by atoms with E-state index in [9.17, 15) is 14.7 Å². The van der Waals surface area contributed by atoms with Gasteiger partial charge in [0.2, 0.25) is 5.91 Å². The summed E-state index contributed by atoms with van der Waals surface area (Å²) >= 11 is 1.62. The zero-order valence-corrected chi connectivity index (χ0v) is 24.3. The monoisotopic (exact) mass is 534 g/mol. The lowest BCUT2D eigenvalue weighted by Gasteiger charge is -2.36. The van der Waals surface area contributed by atoms with E-state index < -0.39 is 11.6 Å². The molecule has 1 heterocycles. The molecule has 7 heteroatoms. The van der Waals surface area contributed by atoms with Crippen LogP contribution in [0.25, 0.3) is 22.3 Å². The van der Waals surface area contributed by atoms with Crippen LogP contribution in [0.2, 0.25) is 0 Å². The second-order valence-corrected chi connectivity index (χ2v) is 11.5. The van der Waals surface area contributed by atoms with Crippen molar-refractivity contribution in [1.82, 2.24) is 0 Å². The lowest BCUT2D eigenvalue weighted by Crippen LogP contribution is -2.23. The first-order valence-electron chi connectivity index (χ1n) is 12.6. The first-order chi connectivity index (χ1) is 17.7. The predicted octanol–water partition coefficient (Wildman–Crippen LogP) is 6.91. The Morgan fingerprint density at radius 2 is 1.61 bits per heavy atom. The molecular formula is C31H38N2O4S. The minimum absolute atomic E-state index is 0.0281. The van der Waals surface area contributed by atoms with Gasteiger partial charge in [0, 0.05) is 24.4 Å². The maximum absolute atomic E-state index is 11.9. The van der Waals surface area contributed by atoms with E-state index in [0.717, 1.165) is 61.4 Å². The van der Waals surface area contributed by atoms with Gasteiger partial charge in [-0.2, -0.15) is 0 Å². The average molecular weight is 535 g/mol. The smallest absolute Gasteiger partial charge is 0.307 e. The molecular weight excluding hydrogens is 496 g/mol. The molecule has 0 unspecified atom stereocenters. The number of fused-ring (bicyclic) bond motifs is 3. The molecule has 6 nitrogen and oxygen atoms in total. The van der Waals surface area contributed by atoms with Gasteiger partial charge in [-0.1, -0.05) is 47.8 Å². The first kappa shape index (κ1) is 29.3. The fourth-order valence-electron chi connectivity index (χ4n) is 4.81. The van der Waals surface area contributed by atoms with Crippen molar-refractivity contribution >= 4 is 35.2 Å². The van der Waals surface area contributed by atoms with Crippen LogP contribution in [0.15, 0.2) is 42.5 Å². The summed E-state index contributed by atoms with van der Waals surface area (Å²) in [7, 11) is 0. The molecule has 0 saturated heterocycles. The van der Waals surface area contributed by atoms with E-state index in [-0.39, 0.29) is 12.3 Å². The van der Waals surface area contributed by atoms with Crippen molar-refractivity contribution in [3.8, 4) is 22.3 Å². The van der Waals surface area contributed by atoms with Gasteiger partial charge in [0.15, 0.2) is 0 Å². The Morgan fingerprint density at radius 3 is 2.13 bits per heavy atom. The van der Waals surface area contributed by atoms with Crippen LogP contribution >= 0.6 is 11.9 Å². The zero-order chi connectivity index (χ0) is 28.4. The molecule has 4 rings (SSSR count). The van der Waals surface area contributed by atoms with E-state index in [4.69, 9.17) is 5.11 Å². The van der Waals surface area contributed by atoms with Crippen molar-refractivity contribution in [2.75, 3.05) is 15.9 Å². The van der Waals surface area contributed by atoms with Gasteiger partial charge in [0.1, 0.15) is 0 Å². The van der Waals surface area contributed by atoms with Gasteiger partial charge in [-0.25, -0.2) is 0 Å². The number of nitrogens with one attached hydrogen (secondary N) is 1. The highest BCUT2D eigenvalue weighted by Gasteiger charge is 2.30. The number of hydrogen-bond donors (Lipinski definition) is 3. The first-order valence-corrected chi connectivity index (χ1v) is 13.8. The van der Waals surface area contributed by atoms with Gasteiger partial charge in [0.05, 0.1) is 24.3 Å². The second-order valence-electron chi connectivity index (χ2n) is 10.7. The number of aliphatic carboxylic acids is 1. The number of carboxylic acids is 1. The number of carbonyl (C=O) groups is 2. The van der Waals surface area contributed by atoms with E-state index in [2.05, 4.69) is 46.9 Å². The van der Waals surface area contributed by atoms with Crippen LogP contribution in [0.1, 0.15) is 55.5 Å². The molecule has 3 aromatic carbocycles. The molecule has 0 saturated carbocycles. The zero-order valence-electron chi connectivity index (χ0n) is 23.5. The molecule has 0 aromatic heterocycles. The Labute approximate surface area is 230 Å². The fraction of sp³-hybridized carbons (Fsp3) is 0.355. The summed E-state index contributed by atoms with van der Waals surface area (Å²) in [5.41, 5.74) is 10.9. The summed E-state index contributed by atoms with van der Waals surface area (Å²) in [6.07, 6.45) is 2.01. The van der Waals surface area contributed by atoms with E-state index >= 15 is 0 Å². The van der Waals surface area contributed by atoms with Crippen LogP contribution < -0.4 is 9.62 Å². The van der Waals surface area contributed by atoms with Gasteiger partial charge < -0.3 is 19.8 Å². The largest absolute Gasteiger partial charge is 0.481 e. The third-order valence-corrected chi connectivity index (χ3v) is 7.00. The molecule has 202 valence electrons. The lowest BCUT2D eigenvalue weighted by molar-refractivity contribution is -0.136. The number of carbonyl (C=O) groups excluding carboxylic acids is 1. The number of aliphatic hydroxyl groups is 1. The van der Waals surface area contributed by atoms with Crippen LogP contribution in [0.4, 0.5) is 11.4 Å². The Balaban J connectivity index is 0.000000732. The molecule has 0 radical (unpaired) electrons. The standard InChI is InChI=1S/C27H28N2O3S.C4H10O/c1-15-6-8-19(9-7-15)25-17(3)26-22-11-10-21(28-18(4)30)12-20(22)14-29(33-5)27(26)16(2)23(25)13-24(31)32;1-4(2,3)5/h6-12H,13-14H2,1-5H3,(H,28,30)(H,31,32);5H,1-3H3. The fourth-order valence-corrected chi connectivity index (χ4v) is 5.49. The Kier molecular flexibility index (Phi) is 8.95. The minimum Gasteiger partial charge on any atom is -0.481 e. The Morgan fingerprint density at radius 1 is 1.00 bits per heavy atom. The molecule has 3 N–H and O–H groups in total. The number of amides is 1. The van der Waals surface area contributed by atoms with Gasteiger partial charge >= 0.3 is 5.97 Å². The third-order valence-electron chi connectivity index (χ3n) is 6.24. The van der Waals surface area contributed by atoms with Gasteiger partial charge in [-0.15, -0.1) is 0 Å². The average Bonchev–Trinajstić information content (AvgIpc) is 2.80. The number of nitrogens with zero attached hydrogens (tertiary/aromatic N) is 1. The molecule has 1 aliphatic heterocycles. The second kappa shape index (κ2) is 11.6. The van der Waals surface area contributed by atoms with Crippen molar-refractivity contribution in [3.63, 3.8) is 0 Å². The number of carboxylic acid groups (broad SMARTS) is 1. The maximum Gasteiger partial charge on any atom is 0.307 e. The third kappa shape index (κ3) is 6.77. The molecule has 3 aromatic rings. The van der Waals surface area contributed by atoms with Gasteiger partial charge in [0.25, 0.3) is 0 Å². The van der Waals surface area contributed by atoms with E-state index in [1.807, 2.05) is 32.2 Å². The minimum atomic E-state index is -0.835. The van der Waals surface area contributed by atoms with E-state index in [0.29, 0.717) is 6.54 Å². The van der Waals surface area contributed by atoms with Crippen molar-refractivity contribution in [3.05, 3.63) is 70.3 Å². The lowest BCUT2D eigenvalue weighted by atomic mass is 9.81. The van der Waals surface area contributed by atoms with Gasteiger partial charge in [-0.05, 0) is 92.6 Å². The molecule has 0 fully saturated rings. The molecule has 0 atom stereocenters. The normalized spacial score (nSPS) is 12.2. The Bertz CT molecular complexity index is 1350.